The SMILES string of the molecule is O=C(Nc1ccc(Cl)cc1)c1nnc([C@H]2CCCN(S(=O)(=O)c3ccc(F)cc3)C2)s1. The Kier molecular flexibility index (Phi) is 6.33. The second kappa shape index (κ2) is 8.99. The molecule has 1 saturated heterocycles. The second-order valence-electron chi connectivity index (χ2n) is 7.06. The van der Waals surface area contributed by atoms with Crippen LogP contribution in [0.5, 0.6) is 0 Å². The maximum atomic E-state index is 13.2. The summed E-state index contributed by atoms with van der Waals surface area (Å²) >= 11 is 7.00. The Labute approximate surface area is 187 Å². The average molecular weight is 481 g/mol. The molecule has 0 radical (unpaired) electrons. The minimum absolute atomic E-state index is 0.0508. The van der Waals surface area contributed by atoms with Crippen LogP contribution in [0.25, 0.3) is 0 Å². The van der Waals surface area contributed by atoms with Crippen molar-refractivity contribution in [3.8, 4) is 0 Å². The fourth-order valence-corrected chi connectivity index (χ4v) is 5.84. The first kappa shape index (κ1) is 21.8. The number of nitrogens with one attached hydrogen (secondary N) is 1. The van der Waals surface area contributed by atoms with E-state index in [9.17, 15) is 17.6 Å². The monoisotopic (exact) mass is 480 g/mol. The number of aromatic nitrogens is 2. The van der Waals surface area contributed by atoms with Gasteiger partial charge >= 0.3 is 0 Å². The number of amides is 1. The van der Waals surface area contributed by atoms with Gasteiger partial charge < -0.3 is 5.32 Å². The smallest absolute Gasteiger partial charge is 0.286 e. The number of sulfonamides is 1. The van der Waals surface area contributed by atoms with E-state index in [1.165, 1.54) is 16.4 Å². The topological polar surface area (TPSA) is 92.3 Å². The third-order valence-corrected chi connectivity index (χ3v) is 8.14. The predicted octanol–water partition coefficient (Wildman–Crippen LogP) is 4.15. The molecule has 3 aromatic rings. The summed E-state index contributed by atoms with van der Waals surface area (Å²) in [4.78, 5) is 12.5. The molecule has 4 rings (SSSR count). The van der Waals surface area contributed by atoms with Crippen molar-refractivity contribution in [3.05, 3.63) is 69.4 Å². The van der Waals surface area contributed by atoms with E-state index >= 15 is 0 Å². The van der Waals surface area contributed by atoms with Gasteiger partial charge in [-0.05, 0) is 61.4 Å². The first-order chi connectivity index (χ1) is 14.8. The standard InChI is InChI=1S/C20H18ClFN4O3S2/c21-14-3-7-16(8-4-14)23-18(27)20-25-24-19(30-20)13-2-1-11-26(12-13)31(28,29)17-9-5-15(22)6-10-17/h3-10,13H,1-2,11-12H2,(H,23,27)/t13-/m0/s1. The summed E-state index contributed by atoms with van der Waals surface area (Å²) in [5.74, 6) is -1.05. The first-order valence-electron chi connectivity index (χ1n) is 9.49. The quantitative estimate of drug-likeness (QED) is 0.592. The molecule has 1 aromatic heterocycles. The summed E-state index contributed by atoms with van der Waals surface area (Å²) in [5, 5.41) is 12.2. The van der Waals surface area contributed by atoms with E-state index < -0.39 is 21.7 Å². The molecule has 1 atom stereocenters. The Hall–Kier alpha value is -2.40. The number of carbonyl (C=O) groups is 1. The van der Waals surface area contributed by atoms with Gasteiger partial charge in [0.1, 0.15) is 10.8 Å². The van der Waals surface area contributed by atoms with Crippen molar-refractivity contribution in [1.29, 1.82) is 0 Å². The Morgan fingerprint density at radius 3 is 2.55 bits per heavy atom. The van der Waals surface area contributed by atoms with Gasteiger partial charge in [-0.2, -0.15) is 4.31 Å². The van der Waals surface area contributed by atoms with Crippen LogP contribution in [0.3, 0.4) is 0 Å². The highest BCUT2D eigenvalue weighted by Crippen LogP contribution is 2.32. The molecule has 162 valence electrons. The summed E-state index contributed by atoms with van der Waals surface area (Å²) in [5.41, 5.74) is 0.584. The molecule has 11 heteroatoms. The van der Waals surface area contributed by atoms with E-state index in [0.29, 0.717) is 28.7 Å². The molecular formula is C20H18ClFN4O3S2. The lowest BCUT2D eigenvalue weighted by molar-refractivity contribution is 0.102. The van der Waals surface area contributed by atoms with Gasteiger partial charge in [0.2, 0.25) is 15.0 Å². The maximum Gasteiger partial charge on any atom is 0.286 e. The maximum absolute atomic E-state index is 13.2. The van der Waals surface area contributed by atoms with Crippen LogP contribution in [0.4, 0.5) is 10.1 Å². The van der Waals surface area contributed by atoms with Gasteiger partial charge in [-0.1, -0.05) is 22.9 Å². The molecule has 1 N–H and O–H groups in total. The third kappa shape index (κ3) is 4.93. The van der Waals surface area contributed by atoms with Gasteiger partial charge in [-0.25, -0.2) is 12.8 Å². The molecule has 2 aromatic carbocycles. The van der Waals surface area contributed by atoms with E-state index in [-0.39, 0.29) is 22.4 Å². The van der Waals surface area contributed by atoms with Crippen molar-refractivity contribution in [2.75, 3.05) is 18.4 Å². The second-order valence-corrected chi connectivity index (χ2v) is 10.4. The number of anilines is 1. The Balaban J connectivity index is 1.46. The van der Waals surface area contributed by atoms with Crippen molar-refractivity contribution < 1.29 is 17.6 Å². The summed E-state index contributed by atoms with van der Waals surface area (Å²) in [6, 6.07) is 11.5. The van der Waals surface area contributed by atoms with Crippen LogP contribution in [-0.4, -0.2) is 41.9 Å². The van der Waals surface area contributed by atoms with Gasteiger partial charge in [0, 0.05) is 29.7 Å². The molecule has 0 saturated carbocycles. The zero-order chi connectivity index (χ0) is 22.0. The molecule has 1 aliphatic heterocycles. The molecule has 0 aliphatic carbocycles. The molecule has 0 bridgehead atoms. The highest BCUT2D eigenvalue weighted by Gasteiger charge is 2.32. The lowest BCUT2D eigenvalue weighted by Crippen LogP contribution is -2.39. The van der Waals surface area contributed by atoms with Gasteiger partial charge in [0.05, 0.1) is 4.90 Å². The molecule has 0 unspecified atom stereocenters. The highest BCUT2D eigenvalue weighted by atomic mass is 35.5. The van der Waals surface area contributed by atoms with E-state index in [1.54, 1.807) is 24.3 Å². The average Bonchev–Trinajstić information content (AvgIpc) is 3.26. The summed E-state index contributed by atoms with van der Waals surface area (Å²) in [6.45, 7) is 0.603. The van der Waals surface area contributed by atoms with Crippen LogP contribution in [0.15, 0.2) is 53.4 Å². The minimum Gasteiger partial charge on any atom is -0.320 e. The first-order valence-corrected chi connectivity index (χ1v) is 12.1. The molecular weight excluding hydrogens is 463 g/mol. The van der Waals surface area contributed by atoms with Gasteiger partial charge in [0.25, 0.3) is 5.91 Å². The number of benzene rings is 2. The van der Waals surface area contributed by atoms with E-state index in [2.05, 4.69) is 15.5 Å². The zero-order valence-corrected chi connectivity index (χ0v) is 18.6. The van der Waals surface area contributed by atoms with E-state index in [1.807, 2.05) is 0 Å². The number of hydrogen-bond acceptors (Lipinski definition) is 6. The molecule has 1 amide bonds. The van der Waals surface area contributed by atoms with Crippen molar-refractivity contribution in [1.82, 2.24) is 14.5 Å². The number of piperidine rings is 1. The fraction of sp³-hybridized carbons (Fsp3) is 0.250. The Morgan fingerprint density at radius 1 is 1.13 bits per heavy atom. The lowest BCUT2D eigenvalue weighted by Gasteiger charge is -2.30. The number of halogens is 2. The van der Waals surface area contributed by atoms with Crippen LogP contribution >= 0.6 is 22.9 Å². The van der Waals surface area contributed by atoms with Crippen LogP contribution in [0, 0.1) is 5.82 Å². The summed E-state index contributed by atoms with van der Waals surface area (Å²) in [6.07, 6.45) is 1.39. The van der Waals surface area contributed by atoms with Crippen molar-refractivity contribution >= 4 is 44.6 Å². The molecule has 2 heterocycles. The van der Waals surface area contributed by atoms with Crippen LogP contribution in [0.2, 0.25) is 5.02 Å². The highest BCUT2D eigenvalue weighted by molar-refractivity contribution is 7.89. The van der Waals surface area contributed by atoms with Gasteiger partial charge in [-0.15, -0.1) is 10.2 Å². The molecule has 0 spiro atoms. The van der Waals surface area contributed by atoms with Crippen LogP contribution in [-0.2, 0) is 10.0 Å². The normalized spacial score (nSPS) is 17.4. The minimum atomic E-state index is -3.74. The van der Waals surface area contributed by atoms with Crippen LogP contribution < -0.4 is 5.32 Å². The Morgan fingerprint density at radius 2 is 1.84 bits per heavy atom. The zero-order valence-electron chi connectivity index (χ0n) is 16.2. The van der Waals surface area contributed by atoms with Crippen molar-refractivity contribution in [3.63, 3.8) is 0 Å². The fourth-order valence-electron chi connectivity index (χ4n) is 3.33. The Bertz CT molecular complexity index is 1180. The molecule has 7 nitrogen and oxygen atoms in total. The van der Waals surface area contributed by atoms with Crippen molar-refractivity contribution in [2.45, 2.75) is 23.7 Å². The van der Waals surface area contributed by atoms with Gasteiger partial charge in [0.15, 0.2) is 0 Å². The summed E-state index contributed by atoms with van der Waals surface area (Å²) < 4.78 is 40.4. The largest absolute Gasteiger partial charge is 0.320 e. The predicted molar refractivity (Wildman–Crippen MR) is 116 cm³/mol. The number of carbonyl (C=O) groups excluding carboxylic acids is 1. The molecule has 1 aliphatic rings. The van der Waals surface area contributed by atoms with Gasteiger partial charge in [-0.3, -0.25) is 4.79 Å². The number of hydrogen-bond donors (Lipinski definition) is 1. The molecule has 31 heavy (non-hydrogen) atoms. The van der Waals surface area contributed by atoms with Crippen molar-refractivity contribution in [2.24, 2.45) is 0 Å². The third-order valence-electron chi connectivity index (χ3n) is 4.92. The van der Waals surface area contributed by atoms with E-state index in [4.69, 9.17) is 11.6 Å². The van der Waals surface area contributed by atoms with Crippen LogP contribution in [0.1, 0.15) is 33.6 Å². The molecule has 1 fully saturated rings. The number of nitrogens with zero attached hydrogens (tertiary/aromatic N) is 3. The van der Waals surface area contributed by atoms with E-state index in [0.717, 1.165) is 29.9 Å². The number of rotatable bonds is 5. The summed E-state index contributed by atoms with van der Waals surface area (Å²) in [7, 11) is -3.74. The lowest BCUT2D eigenvalue weighted by atomic mass is 10.0.